The number of benzene rings is 1. The topological polar surface area (TPSA) is 113 Å². The first-order valence-electron chi connectivity index (χ1n) is 6.87. The number of nitrogens with two attached hydrogens (primary N) is 1. The molecule has 0 unspecified atom stereocenters. The van der Waals surface area contributed by atoms with E-state index in [1.54, 1.807) is 4.90 Å². The second-order valence-corrected chi connectivity index (χ2v) is 5.06. The zero-order valence-corrected chi connectivity index (χ0v) is 11.5. The van der Waals surface area contributed by atoms with Crippen molar-refractivity contribution in [3.63, 3.8) is 0 Å². The zero-order valence-electron chi connectivity index (χ0n) is 11.5. The fourth-order valence-corrected chi connectivity index (χ4v) is 2.51. The number of aromatic amines is 1. The first-order chi connectivity index (χ1) is 10.2. The lowest BCUT2D eigenvalue weighted by molar-refractivity contribution is 0.193. The molecule has 2 aromatic rings. The van der Waals surface area contributed by atoms with Crippen LogP contribution in [0.4, 0.5) is 10.5 Å². The average molecular weight is 287 g/mol. The second kappa shape index (κ2) is 5.78. The Morgan fingerprint density at radius 1 is 1.38 bits per heavy atom. The SMILES string of the molecule is NC(=O)N1CCC(Nc2cccc(-c3nn[nH]n3)c2)CC1. The van der Waals surface area contributed by atoms with E-state index in [4.69, 9.17) is 5.73 Å². The summed E-state index contributed by atoms with van der Waals surface area (Å²) in [7, 11) is 0. The average Bonchev–Trinajstić information content (AvgIpc) is 3.02. The number of hydrogen-bond acceptors (Lipinski definition) is 5. The number of tetrazole rings is 1. The number of anilines is 1. The van der Waals surface area contributed by atoms with Crippen molar-refractivity contribution in [2.45, 2.75) is 18.9 Å². The first-order valence-corrected chi connectivity index (χ1v) is 6.87. The van der Waals surface area contributed by atoms with Gasteiger partial charge in [0, 0.05) is 30.4 Å². The number of carbonyl (C=O) groups is 1. The molecule has 1 aromatic heterocycles. The fourth-order valence-electron chi connectivity index (χ4n) is 2.51. The van der Waals surface area contributed by atoms with Gasteiger partial charge in [0.2, 0.25) is 5.82 Å². The van der Waals surface area contributed by atoms with Crippen molar-refractivity contribution in [2.75, 3.05) is 18.4 Å². The van der Waals surface area contributed by atoms with Crippen LogP contribution in [0.1, 0.15) is 12.8 Å². The molecule has 0 bridgehead atoms. The van der Waals surface area contributed by atoms with E-state index in [-0.39, 0.29) is 6.03 Å². The van der Waals surface area contributed by atoms with Crippen molar-refractivity contribution in [1.29, 1.82) is 0 Å². The summed E-state index contributed by atoms with van der Waals surface area (Å²) in [4.78, 5) is 12.8. The van der Waals surface area contributed by atoms with Gasteiger partial charge in [0.1, 0.15) is 0 Å². The number of rotatable bonds is 3. The molecule has 110 valence electrons. The molecule has 8 heteroatoms. The lowest BCUT2D eigenvalue weighted by atomic mass is 10.0. The number of hydrogen-bond donors (Lipinski definition) is 3. The summed E-state index contributed by atoms with van der Waals surface area (Å²) in [6.07, 6.45) is 1.77. The van der Waals surface area contributed by atoms with Crippen molar-refractivity contribution in [3.8, 4) is 11.4 Å². The Bertz CT molecular complexity index is 605. The first kappa shape index (κ1) is 13.3. The molecule has 1 aromatic carbocycles. The fraction of sp³-hybridized carbons (Fsp3) is 0.385. The van der Waals surface area contributed by atoms with Crippen molar-refractivity contribution in [3.05, 3.63) is 24.3 Å². The Labute approximate surface area is 121 Å². The minimum absolute atomic E-state index is 0.334. The number of nitrogens with zero attached hydrogens (tertiary/aromatic N) is 4. The highest BCUT2D eigenvalue weighted by Crippen LogP contribution is 2.21. The highest BCUT2D eigenvalue weighted by Gasteiger charge is 2.21. The third-order valence-electron chi connectivity index (χ3n) is 3.64. The summed E-state index contributed by atoms with van der Waals surface area (Å²) in [5, 5.41) is 17.4. The largest absolute Gasteiger partial charge is 0.382 e. The zero-order chi connectivity index (χ0) is 14.7. The molecule has 2 heterocycles. The summed E-state index contributed by atoms with van der Waals surface area (Å²) in [5.74, 6) is 0.571. The number of likely N-dealkylation sites (tertiary alicyclic amines) is 1. The van der Waals surface area contributed by atoms with Crippen molar-refractivity contribution in [2.24, 2.45) is 5.73 Å². The maximum atomic E-state index is 11.1. The molecule has 0 aliphatic carbocycles. The lowest BCUT2D eigenvalue weighted by Gasteiger charge is -2.31. The van der Waals surface area contributed by atoms with E-state index in [2.05, 4.69) is 25.9 Å². The molecule has 1 aliphatic rings. The predicted molar refractivity (Wildman–Crippen MR) is 77.4 cm³/mol. The second-order valence-electron chi connectivity index (χ2n) is 5.06. The molecule has 3 rings (SSSR count). The monoisotopic (exact) mass is 287 g/mol. The van der Waals surface area contributed by atoms with Crippen molar-refractivity contribution >= 4 is 11.7 Å². The molecule has 1 fully saturated rings. The highest BCUT2D eigenvalue weighted by molar-refractivity contribution is 5.72. The van der Waals surface area contributed by atoms with E-state index in [9.17, 15) is 4.79 Å². The summed E-state index contributed by atoms with van der Waals surface area (Å²) in [6.45, 7) is 1.38. The highest BCUT2D eigenvalue weighted by atomic mass is 16.2. The molecule has 0 saturated carbocycles. The Hall–Kier alpha value is -2.64. The van der Waals surface area contributed by atoms with Gasteiger partial charge in [-0.15, -0.1) is 10.2 Å². The number of carbonyl (C=O) groups excluding carboxylic acids is 1. The molecule has 0 atom stereocenters. The molecular formula is C13H17N7O. The van der Waals surface area contributed by atoms with E-state index in [1.807, 2.05) is 24.3 Å². The van der Waals surface area contributed by atoms with Crippen LogP contribution >= 0.6 is 0 Å². The van der Waals surface area contributed by atoms with E-state index >= 15 is 0 Å². The van der Waals surface area contributed by atoms with Gasteiger partial charge < -0.3 is 16.0 Å². The maximum absolute atomic E-state index is 11.1. The molecule has 0 radical (unpaired) electrons. The minimum atomic E-state index is -0.340. The van der Waals surface area contributed by atoms with Crippen LogP contribution in [0, 0.1) is 0 Å². The maximum Gasteiger partial charge on any atom is 0.314 e. The Morgan fingerprint density at radius 2 is 2.19 bits per heavy atom. The minimum Gasteiger partial charge on any atom is -0.382 e. The quantitative estimate of drug-likeness (QED) is 0.773. The van der Waals surface area contributed by atoms with E-state index < -0.39 is 0 Å². The van der Waals surface area contributed by atoms with Gasteiger partial charge in [-0.25, -0.2) is 4.79 Å². The number of aromatic nitrogens is 4. The lowest BCUT2D eigenvalue weighted by Crippen LogP contribution is -2.44. The van der Waals surface area contributed by atoms with Gasteiger partial charge in [0.15, 0.2) is 0 Å². The molecule has 2 amide bonds. The van der Waals surface area contributed by atoms with Gasteiger partial charge in [-0.05, 0) is 30.2 Å². The summed E-state index contributed by atoms with van der Waals surface area (Å²) in [6, 6.07) is 7.88. The van der Waals surface area contributed by atoms with E-state index in [1.165, 1.54) is 0 Å². The normalized spacial score (nSPS) is 15.9. The van der Waals surface area contributed by atoms with Crippen molar-refractivity contribution in [1.82, 2.24) is 25.5 Å². The van der Waals surface area contributed by atoms with Crippen molar-refractivity contribution < 1.29 is 4.79 Å². The van der Waals surface area contributed by atoms with Crippen LogP contribution in [-0.4, -0.2) is 50.7 Å². The third-order valence-corrected chi connectivity index (χ3v) is 3.64. The number of nitrogens with one attached hydrogen (secondary N) is 2. The van der Waals surface area contributed by atoms with E-state index in [0.29, 0.717) is 25.0 Å². The Balaban J connectivity index is 1.64. The van der Waals surface area contributed by atoms with Crippen LogP contribution in [0.15, 0.2) is 24.3 Å². The molecular weight excluding hydrogens is 270 g/mol. The van der Waals surface area contributed by atoms with Crippen LogP contribution in [0.5, 0.6) is 0 Å². The summed E-state index contributed by atoms with van der Waals surface area (Å²) >= 11 is 0. The molecule has 1 aliphatic heterocycles. The molecule has 0 spiro atoms. The van der Waals surface area contributed by atoms with Crippen LogP contribution in [0.3, 0.4) is 0 Å². The summed E-state index contributed by atoms with van der Waals surface area (Å²) in [5.41, 5.74) is 7.20. The third kappa shape index (κ3) is 3.10. The van der Waals surface area contributed by atoms with E-state index in [0.717, 1.165) is 24.1 Å². The van der Waals surface area contributed by atoms with Gasteiger partial charge in [-0.2, -0.15) is 5.21 Å². The number of piperidine rings is 1. The van der Waals surface area contributed by atoms with Gasteiger partial charge in [-0.1, -0.05) is 12.1 Å². The molecule has 21 heavy (non-hydrogen) atoms. The van der Waals surface area contributed by atoms with Gasteiger partial charge in [0.25, 0.3) is 0 Å². The van der Waals surface area contributed by atoms with Gasteiger partial charge in [-0.3, -0.25) is 0 Å². The van der Waals surface area contributed by atoms with Crippen LogP contribution in [0.25, 0.3) is 11.4 Å². The van der Waals surface area contributed by atoms with Crippen LogP contribution < -0.4 is 11.1 Å². The number of primary amides is 1. The standard InChI is InChI=1S/C13H17N7O/c14-13(21)20-6-4-10(5-7-20)15-11-3-1-2-9(8-11)12-16-18-19-17-12/h1-3,8,10,15H,4-7H2,(H2,14,21)(H,16,17,18,19). The van der Waals surface area contributed by atoms with Gasteiger partial charge in [0.05, 0.1) is 0 Å². The summed E-state index contributed by atoms with van der Waals surface area (Å²) < 4.78 is 0. The van der Waals surface area contributed by atoms with Crippen LogP contribution in [-0.2, 0) is 0 Å². The number of urea groups is 1. The Kier molecular flexibility index (Phi) is 3.67. The Morgan fingerprint density at radius 3 is 2.86 bits per heavy atom. The molecule has 1 saturated heterocycles. The molecule has 8 nitrogen and oxygen atoms in total. The number of H-pyrrole nitrogens is 1. The van der Waals surface area contributed by atoms with Crippen LogP contribution in [0.2, 0.25) is 0 Å². The smallest absolute Gasteiger partial charge is 0.314 e. The predicted octanol–water partition coefficient (Wildman–Crippen LogP) is 0.822. The number of amides is 2. The van der Waals surface area contributed by atoms with Gasteiger partial charge >= 0.3 is 6.03 Å². The molecule has 4 N–H and O–H groups in total.